The highest BCUT2D eigenvalue weighted by atomic mass is 79.9. The second-order valence-corrected chi connectivity index (χ2v) is 9.67. The van der Waals surface area contributed by atoms with Gasteiger partial charge in [-0.05, 0) is 30.9 Å². The Labute approximate surface area is 164 Å². The maximum Gasteiger partial charge on any atom is 0.151 e. The van der Waals surface area contributed by atoms with Crippen LogP contribution in [-0.2, 0) is 4.57 Å². The van der Waals surface area contributed by atoms with E-state index < -0.39 is 7.14 Å². The molecule has 0 bridgehead atoms. The molecule has 0 aromatic heterocycles. The van der Waals surface area contributed by atoms with E-state index in [-0.39, 0.29) is 0 Å². The molecule has 0 amide bonds. The van der Waals surface area contributed by atoms with Crippen molar-refractivity contribution < 1.29 is 4.57 Å². The predicted octanol–water partition coefficient (Wildman–Crippen LogP) is 5.54. The zero-order valence-corrected chi connectivity index (χ0v) is 16.5. The Kier molecular flexibility index (Phi) is 5.16. The van der Waals surface area contributed by atoms with Gasteiger partial charge in [0.2, 0.25) is 0 Å². The second kappa shape index (κ2) is 7.55. The molecule has 127 valence electrons. The average Bonchev–Trinajstić information content (AvgIpc) is 3.19. The zero-order chi connectivity index (χ0) is 18.0. The third kappa shape index (κ3) is 3.10. The van der Waals surface area contributed by atoms with Gasteiger partial charge < -0.3 is 4.57 Å². The van der Waals surface area contributed by atoms with Gasteiger partial charge >= 0.3 is 0 Å². The van der Waals surface area contributed by atoms with Gasteiger partial charge in [0.15, 0.2) is 7.14 Å². The molecular weight excluding hydrogens is 403 g/mol. The summed E-state index contributed by atoms with van der Waals surface area (Å²) in [4.78, 5) is 0. The van der Waals surface area contributed by atoms with Crippen LogP contribution >= 0.6 is 23.1 Å². The van der Waals surface area contributed by atoms with E-state index in [0.29, 0.717) is 0 Å². The molecule has 1 aliphatic carbocycles. The SMILES string of the molecule is O=P([C]1[CH][CH][CH][C]1c1ccccc1Br)(c1ccccc1)c1ccccc1. The van der Waals surface area contributed by atoms with Crippen molar-refractivity contribution in [3.05, 3.63) is 126 Å². The van der Waals surface area contributed by atoms with Crippen LogP contribution in [0.3, 0.4) is 0 Å². The first kappa shape index (κ1) is 17.8. The summed E-state index contributed by atoms with van der Waals surface area (Å²) in [5.41, 5.74) is 1.93. The molecule has 0 saturated heterocycles. The first-order valence-electron chi connectivity index (χ1n) is 8.44. The van der Waals surface area contributed by atoms with Crippen molar-refractivity contribution in [2.75, 3.05) is 0 Å². The topological polar surface area (TPSA) is 17.1 Å². The van der Waals surface area contributed by atoms with Gasteiger partial charge in [-0.1, -0.05) is 94.8 Å². The van der Waals surface area contributed by atoms with E-state index in [1.807, 2.05) is 98.1 Å². The van der Waals surface area contributed by atoms with Crippen molar-refractivity contribution in [3.8, 4) is 0 Å². The third-order valence-corrected chi connectivity index (χ3v) is 8.35. The number of halogens is 1. The van der Waals surface area contributed by atoms with Crippen LogP contribution in [0.25, 0.3) is 0 Å². The van der Waals surface area contributed by atoms with Crippen LogP contribution in [0.1, 0.15) is 5.56 Å². The Morgan fingerprint density at radius 3 is 1.77 bits per heavy atom. The molecule has 0 heterocycles. The normalized spacial score (nSPS) is 16.0. The average molecular weight is 420 g/mol. The molecule has 0 atom stereocenters. The van der Waals surface area contributed by atoms with Crippen LogP contribution in [0.5, 0.6) is 0 Å². The summed E-state index contributed by atoms with van der Waals surface area (Å²) < 4.78 is 15.6. The van der Waals surface area contributed by atoms with E-state index in [1.165, 1.54) is 0 Å². The number of hydrogen-bond donors (Lipinski definition) is 0. The van der Waals surface area contributed by atoms with E-state index >= 15 is 0 Å². The van der Waals surface area contributed by atoms with Crippen LogP contribution in [0.15, 0.2) is 89.4 Å². The molecule has 0 aliphatic heterocycles. The molecule has 4 rings (SSSR count). The molecule has 1 saturated carbocycles. The van der Waals surface area contributed by atoms with Crippen molar-refractivity contribution >= 4 is 33.7 Å². The van der Waals surface area contributed by atoms with E-state index in [4.69, 9.17) is 0 Å². The fraction of sp³-hybridized carbons (Fsp3) is 0. The van der Waals surface area contributed by atoms with Crippen LogP contribution in [0, 0.1) is 30.8 Å². The summed E-state index contributed by atoms with van der Waals surface area (Å²) in [6.45, 7) is 0. The Morgan fingerprint density at radius 1 is 0.654 bits per heavy atom. The number of benzene rings is 3. The summed E-state index contributed by atoms with van der Waals surface area (Å²) in [7, 11) is -2.97. The monoisotopic (exact) mass is 419 g/mol. The summed E-state index contributed by atoms with van der Waals surface area (Å²) in [6, 6.07) is 27.6. The number of hydrogen-bond acceptors (Lipinski definition) is 1. The lowest BCUT2D eigenvalue weighted by Gasteiger charge is -2.29. The fourth-order valence-electron chi connectivity index (χ4n) is 3.30. The smallest absolute Gasteiger partial charge is 0.151 e. The quantitative estimate of drug-likeness (QED) is 0.507. The van der Waals surface area contributed by atoms with Crippen molar-refractivity contribution in [3.63, 3.8) is 0 Å². The van der Waals surface area contributed by atoms with E-state index in [1.54, 1.807) is 0 Å². The van der Waals surface area contributed by atoms with E-state index in [0.717, 1.165) is 32.2 Å². The van der Waals surface area contributed by atoms with Gasteiger partial charge in [-0.3, -0.25) is 0 Å². The van der Waals surface area contributed by atoms with Crippen LogP contribution in [0.4, 0.5) is 0 Å². The summed E-state index contributed by atoms with van der Waals surface area (Å²) >= 11 is 3.64. The largest absolute Gasteiger partial charge is 0.313 e. The van der Waals surface area contributed by atoms with Gasteiger partial charge in [0.1, 0.15) is 0 Å². The second-order valence-electron chi connectivity index (χ2n) is 6.08. The molecule has 3 heteroatoms. The minimum atomic E-state index is -2.97. The van der Waals surface area contributed by atoms with Gasteiger partial charge in [0.25, 0.3) is 0 Å². The highest BCUT2D eigenvalue weighted by Gasteiger charge is 2.46. The molecule has 26 heavy (non-hydrogen) atoms. The molecule has 0 N–H and O–H groups in total. The molecule has 3 aromatic rings. The maximum atomic E-state index is 14.6. The summed E-state index contributed by atoms with van der Waals surface area (Å²) in [5, 5.41) is 1.71. The molecule has 5 radical (unpaired) electrons. The minimum absolute atomic E-state index is 0.853. The van der Waals surface area contributed by atoms with Gasteiger partial charge in [-0.15, -0.1) is 0 Å². The lowest BCUT2D eigenvalue weighted by atomic mass is 9.97. The lowest BCUT2D eigenvalue weighted by molar-refractivity contribution is 0.588. The Bertz CT molecular complexity index is 880. The van der Waals surface area contributed by atoms with Gasteiger partial charge in [-0.25, -0.2) is 0 Å². The molecule has 1 nitrogen and oxygen atoms in total. The maximum absolute atomic E-state index is 14.6. The van der Waals surface area contributed by atoms with Crippen molar-refractivity contribution in [2.45, 2.75) is 0 Å². The summed E-state index contributed by atoms with van der Waals surface area (Å²) in [5.74, 6) is 1.01. The van der Waals surface area contributed by atoms with Crippen molar-refractivity contribution in [1.82, 2.24) is 0 Å². The molecule has 1 aliphatic rings. The van der Waals surface area contributed by atoms with E-state index in [9.17, 15) is 4.57 Å². The molecule has 3 aromatic carbocycles. The Balaban J connectivity index is 1.87. The van der Waals surface area contributed by atoms with Gasteiger partial charge in [-0.2, -0.15) is 0 Å². The zero-order valence-electron chi connectivity index (χ0n) is 14.0. The van der Waals surface area contributed by atoms with Crippen molar-refractivity contribution in [1.29, 1.82) is 0 Å². The molecule has 1 fully saturated rings. The first-order valence-corrected chi connectivity index (χ1v) is 10.9. The number of rotatable bonds is 4. The molecule has 0 spiro atoms. The predicted molar refractivity (Wildman–Crippen MR) is 112 cm³/mol. The minimum Gasteiger partial charge on any atom is -0.313 e. The lowest BCUT2D eigenvalue weighted by Crippen LogP contribution is -2.23. The van der Waals surface area contributed by atoms with Gasteiger partial charge in [0, 0.05) is 21.0 Å². The molecular formula is C23H17BrOP. The Morgan fingerprint density at radius 2 is 1.19 bits per heavy atom. The summed E-state index contributed by atoms with van der Waals surface area (Å²) in [6.07, 6.45) is 6.03. The highest BCUT2D eigenvalue weighted by molar-refractivity contribution is 9.10. The van der Waals surface area contributed by atoms with E-state index in [2.05, 4.69) is 22.0 Å². The molecule has 0 unspecified atom stereocenters. The third-order valence-electron chi connectivity index (χ3n) is 4.54. The standard InChI is InChI=1S/C23H17BrOP/c24-22-16-8-7-14-20(22)21-15-9-17-23(21)26(25,18-10-3-1-4-11-18)19-12-5-2-6-13-19/h1-17H. The fourth-order valence-corrected chi connectivity index (χ4v) is 6.66. The van der Waals surface area contributed by atoms with Crippen LogP contribution in [-0.4, -0.2) is 0 Å². The Hall–Kier alpha value is -1.63. The first-order chi connectivity index (χ1) is 12.7. The van der Waals surface area contributed by atoms with Crippen LogP contribution in [0.2, 0.25) is 0 Å². The highest BCUT2D eigenvalue weighted by Crippen LogP contribution is 2.63. The van der Waals surface area contributed by atoms with Gasteiger partial charge in [0.05, 0.1) is 5.66 Å². The van der Waals surface area contributed by atoms with Crippen LogP contribution < -0.4 is 10.6 Å². The van der Waals surface area contributed by atoms with Crippen molar-refractivity contribution in [2.24, 2.45) is 0 Å².